The monoisotopic (exact) mass is 328 g/mol. The maximum absolute atomic E-state index is 5.40. The van der Waals surface area contributed by atoms with Gasteiger partial charge in [0.2, 0.25) is 5.95 Å². The normalized spacial score (nSPS) is 18.1. The number of nitrogens with one attached hydrogen (secondary N) is 2. The molecule has 0 spiro atoms. The molecule has 2 rings (SSSR count). The van der Waals surface area contributed by atoms with Gasteiger partial charge in [-0.15, -0.1) is 0 Å². The molecular weight excluding hydrogens is 308 g/mol. The first-order chi connectivity index (χ1) is 9.20. The first-order valence-corrected chi connectivity index (χ1v) is 7.60. The Kier molecular flexibility index (Phi) is 5.39. The summed E-state index contributed by atoms with van der Waals surface area (Å²) in [6.07, 6.45) is 4.00. The summed E-state index contributed by atoms with van der Waals surface area (Å²) >= 11 is 3.49. The molecule has 0 aliphatic carbocycles. The summed E-state index contributed by atoms with van der Waals surface area (Å²) in [4.78, 5) is 8.70. The molecule has 1 aromatic rings. The molecule has 0 amide bonds. The molecule has 1 aliphatic heterocycles. The molecule has 2 heterocycles. The molecule has 1 saturated heterocycles. The Labute approximate surface area is 122 Å². The van der Waals surface area contributed by atoms with Crippen LogP contribution in [0.25, 0.3) is 0 Å². The minimum atomic E-state index is 0.379. The van der Waals surface area contributed by atoms with Gasteiger partial charge in [-0.3, -0.25) is 0 Å². The molecule has 2 N–H and O–H groups in total. The molecule has 6 heteroatoms. The van der Waals surface area contributed by atoms with Gasteiger partial charge in [-0.2, -0.15) is 4.98 Å². The maximum atomic E-state index is 5.40. The van der Waals surface area contributed by atoms with Gasteiger partial charge in [-0.1, -0.05) is 0 Å². The first kappa shape index (κ1) is 14.5. The van der Waals surface area contributed by atoms with Gasteiger partial charge in [0.25, 0.3) is 0 Å². The highest BCUT2D eigenvalue weighted by atomic mass is 79.9. The Bertz CT molecular complexity index is 410. The van der Waals surface area contributed by atoms with Crippen LogP contribution in [0.3, 0.4) is 0 Å². The van der Waals surface area contributed by atoms with Crippen molar-refractivity contribution >= 4 is 27.7 Å². The topological polar surface area (TPSA) is 59.1 Å². The van der Waals surface area contributed by atoms with Crippen molar-refractivity contribution in [3.05, 3.63) is 10.7 Å². The van der Waals surface area contributed by atoms with Crippen LogP contribution in [0, 0.1) is 5.92 Å². The third kappa shape index (κ3) is 4.04. The molecule has 1 aliphatic rings. The van der Waals surface area contributed by atoms with E-state index in [4.69, 9.17) is 4.74 Å². The van der Waals surface area contributed by atoms with Crippen molar-refractivity contribution in [3.8, 4) is 0 Å². The zero-order valence-electron chi connectivity index (χ0n) is 11.4. The number of ether oxygens (including phenoxy) is 1. The van der Waals surface area contributed by atoms with E-state index in [1.807, 2.05) is 6.92 Å². The van der Waals surface area contributed by atoms with Crippen LogP contribution >= 0.6 is 15.9 Å². The van der Waals surface area contributed by atoms with Gasteiger partial charge in [0.15, 0.2) is 0 Å². The molecule has 0 bridgehead atoms. The number of hydrogen-bond acceptors (Lipinski definition) is 5. The molecule has 1 atom stereocenters. The second-order valence-electron chi connectivity index (χ2n) is 4.80. The zero-order valence-corrected chi connectivity index (χ0v) is 13.0. The van der Waals surface area contributed by atoms with Crippen molar-refractivity contribution < 1.29 is 4.74 Å². The fourth-order valence-electron chi connectivity index (χ4n) is 2.26. The summed E-state index contributed by atoms with van der Waals surface area (Å²) in [5.41, 5.74) is 0. The van der Waals surface area contributed by atoms with Gasteiger partial charge >= 0.3 is 0 Å². The van der Waals surface area contributed by atoms with E-state index in [0.717, 1.165) is 42.9 Å². The summed E-state index contributed by atoms with van der Waals surface area (Å²) in [5, 5.41) is 6.61. The highest BCUT2D eigenvalue weighted by Gasteiger charge is 2.21. The molecule has 1 aromatic heterocycles. The van der Waals surface area contributed by atoms with Crippen LogP contribution < -0.4 is 10.6 Å². The van der Waals surface area contributed by atoms with Crippen LogP contribution in [0.2, 0.25) is 0 Å². The van der Waals surface area contributed by atoms with Crippen molar-refractivity contribution in [3.63, 3.8) is 0 Å². The number of anilines is 2. The molecule has 0 saturated carbocycles. The molecule has 106 valence electrons. The van der Waals surface area contributed by atoms with Crippen LogP contribution in [0.1, 0.15) is 26.7 Å². The summed E-state index contributed by atoms with van der Waals surface area (Å²) in [7, 11) is 0. The fourth-order valence-corrected chi connectivity index (χ4v) is 2.57. The predicted molar refractivity (Wildman–Crippen MR) is 80.5 cm³/mol. The number of nitrogens with zero attached hydrogens (tertiary/aromatic N) is 2. The van der Waals surface area contributed by atoms with Gasteiger partial charge in [-0.05, 0) is 48.5 Å². The van der Waals surface area contributed by atoms with Crippen molar-refractivity contribution in [2.45, 2.75) is 32.7 Å². The van der Waals surface area contributed by atoms with Gasteiger partial charge < -0.3 is 15.4 Å². The molecule has 0 radical (unpaired) electrons. The van der Waals surface area contributed by atoms with E-state index in [-0.39, 0.29) is 0 Å². The summed E-state index contributed by atoms with van der Waals surface area (Å²) in [6, 6.07) is 0.379. The Balaban J connectivity index is 2.02. The number of halogens is 1. The quantitative estimate of drug-likeness (QED) is 0.870. The Morgan fingerprint density at radius 2 is 2.21 bits per heavy atom. The van der Waals surface area contributed by atoms with E-state index in [9.17, 15) is 0 Å². The number of aromatic nitrogens is 2. The summed E-state index contributed by atoms with van der Waals surface area (Å²) in [6.45, 7) is 6.78. The van der Waals surface area contributed by atoms with Crippen molar-refractivity contribution in [2.75, 3.05) is 30.4 Å². The van der Waals surface area contributed by atoms with E-state index >= 15 is 0 Å². The van der Waals surface area contributed by atoms with Gasteiger partial charge in [0.05, 0.1) is 4.47 Å². The Hall–Kier alpha value is -0.880. The maximum Gasteiger partial charge on any atom is 0.224 e. The average molecular weight is 329 g/mol. The van der Waals surface area contributed by atoms with E-state index in [1.165, 1.54) is 0 Å². The Morgan fingerprint density at radius 1 is 1.47 bits per heavy atom. The molecule has 1 unspecified atom stereocenters. The molecule has 1 fully saturated rings. The first-order valence-electron chi connectivity index (χ1n) is 6.81. The van der Waals surface area contributed by atoms with Gasteiger partial charge in [-0.25, -0.2) is 4.98 Å². The van der Waals surface area contributed by atoms with Crippen LogP contribution in [-0.4, -0.2) is 35.8 Å². The van der Waals surface area contributed by atoms with Crippen molar-refractivity contribution in [1.29, 1.82) is 0 Å². The molecule has 19 heavy (non-hydrogen) atoms. The van der Waals surface area contributed by atoms with Crippen LogP contribution in [0.5, 0.6) is 0 Å². The van der Waals surface area contributed by atoms with Gasteiger partial charge in [0.1, 0.15) is 5.82 Å². The third-order valence-electron chi connectivity index (χ3n) is 3.42. The lowest BCUT2D eigenvalue weighted by molar-refractivity contribution is 0.0622. The fraction of sp³-hybridized carbons (Fsp3) is 0.692. The van der Waals surface area contributed by atoms with E-state index in [1.54, 1.807) is 6.20 Å². The molecular formula is C13H21BrN4O. The standard InChI is InChI=1S/C13H21BrN4O/c1-3-15-13-16-8-11(14)12(18-13)17-9(2)10-4-6-19-7-5-10/h8-10H,3-7H2,1-2H3,(H2,15,16,17,18). The largest absolute Gasteiger partial charge is 0.381 e. The second-order valence-corrected chi connectivity index (χ2v) is 5.66. The van der Waals surface area contributed by atoms with Crippen LogP contribution in [0.4, 0.5) is 11.8 Å². The van der Waals surface area contributed by atoms with Gasteiger partial charge in [0, 0.05) is 32.0 Å². The summed E-state index contributed by atoms with van der Waals surface area (Å²) < 4.78 is 6.30. The van der Waals surface area contributed by atoms with Crippen molar-refractivity contribution in [1.82, 2.24) is 9.97 Å². The Morgan fingerprint density at radius 3 is 2.89 bits per heavy atom. The lowest BCUT2D eigenvalue weighted by Gasteiger charge is -2.29. The highest BCUT2D eigenvalue weighted by molar-refractivity contribution is 9.10. The predicted octanol–water partition coefficient (Wildman–Crippen LogP) is 2.90. The smallest absolute Gasteiger partial charge is 0.224 e. The number of hydrogen-bond donors (Lipinski definition) is 2. The van der Waals surface area contributed by atoms with Crippen LogP contribution in [-0.2, 0) is 4.74 Å². The lowest BCUT2D eigenvalue weighted by atomic mass is 9.93. The molecule has 5 nitrogen and oxygen atoms in total. The molecule has 0 aromatic carbocycles. The summed E-state index contributed by atoms with van der Waals surface area (Å²) in [5.74, 6) is 2.15. The van der Waals surface area contributed by atoms with Crippen LogP contribution in [0.15, 0.2) is 10.7 Å². The number of rotatable bonds is 5. The zero-order chi connectivity index (χ0) is 13.7. The SMILES string of the molecule is CCNc1ncc(Br)c(NC(C)C2CCOCC2)n1. The van der Waals surface area contributed by atoms with E-state index < -0.39 is 0 Å². The second kappa shape index (κ2) is 7.05. The third-order valence-corrected chi connectivity index (χ3v) is 4.00. The van der Waals surface area contributed by atoms with E-state index in [2.05, 4.69) is 43.5 Å². The average Bonchev–Trinajstić information content (AvgIpc) is 2.44. The minimum Gasteiger partial charge on any atom is -0.381 e. The highest BCUT2D eigenvalue weighted by Crippen LogP contribution is 2.25. The van der Waals surface area contributed by atoms with Crippen molar-refractivity contribution in [2.24, 2.45) is 5.92 Å². The minimum absolute atomic E-state index is 0.379. The van der Waals surface area contributed by atoms with E-state index in [0.29, 0.717) is 17.9 Å². The lowest BCUT2D eigenvalue weighted by Crippen LogP contribution is -2.31.